The zero-order valence-corrected chi connectivity index (χ0v) is 11.1. The van der Waals surface area contributed by atoms with Gasteiger partial charge in [-0.2, -0.15) is 0 Å². The van der Waals surface area contributed by atoms with Crippen LogP contribution in [-0.2, 0) is 4.79 Å². The van der Waals surface area contributed by atoms with Crippen LogP contribution in [0.3, 0.4) is 0 Å². The Balaban J connectivity index is 2.44. The first kappa shape index (κ1) is 13.5. The number of hydrogen-bond donors (Lipinski definition) is 1. The van der Waals surface area contributed by atoms with Crippen LogP contribution in [0.5, 0.6) is 0 Å². The Hall–Kier alpha value is -0.570. The van der Waals surface area contributed by atoms with Crippen molar-refractivity contribution in [2.45, 2.75) is 46.6 Å². The molecule has 2 atom stereocenters. The number of carbonyl (C=O) groups is 1. The quantitative estimate of drug-likeness (QED) is 0.750. The van der Waals surface area contributed by atoms with Crippen LogP contribution in [0.2, 0.25) is 0 Å². The van der Waals surface area contributed by atoms with Crippen LogP contribution in [0, 0.1) is 11.8 Å². The minimum Gasteiger partial charge on any atom is -0.341 e. The number of nitrogens with zero attached hydrogens (tertiary/aromatic N) is 1. The van der Waals surface area contributed by atoms with Crippen molar-refractivity contribution in [3.05, 3.63) is 0 Å². The van der Waals surface area contributed by atoms with Crippen LogP contribution in [0.15, 0.2) is 0 Å². The molecule has 0 aromatic heterocycles. The number of rotatable bonds is 6. The molecule has 0 spiro atoms. The summed E-state index contributed by atoms with van der Waals surface area (Å²) >= 11 is 0. The fraction of sp³-hybridized carbons (Fsp3) is 0.923. The number of carbonyl (C=O) groups excluding carboxylic acids is 1. The van der Waals surface area contributed by atoms with Gasteiger partial charge in [-0.05, 0) is 24.8 Å². The smallest absolute Gasteiger partial charge is 0.222 e. The molecule has 0 radical (unpaired) electrons. The van der Waals surface area contributed by atoms with Crippen molar-refractivity contribution in [1.82, 2.24) is 10.2 Å². The lowest BCUT2D eigenvalue weighted by Crippen LogP contribution is -2.45. The van der Waals surface area contributed by atoms with Crippen molar-refractivity contribution in [3.8, 4) is 0 Å². The van der Waals surface area contributed by atoms with E-state index in [2.05, 4.69) is 33.0 Å². The maximum atomic E-state index is 11.7. The van der Waals surface area contributed by atoms with Crippen LogP contribution in [0.1, 0.15) is 40.5 Å². The molecule has 1 aliphatic rings. The molecule has 1 heterocycles. The van der Waals surface area contributed by atoms with Crippen LogP contribution < -0.4 is 5.32 Å². The van der Waals surface area contributed by atoms with Gasteiger partial charge in [0, 0.05) is 25.6 Å². The first-order chi connectivity index (χ1) is 7.54. The molecule has 16 heavy (non-hydrogen) atoms. The molecule has 0 saturated carbocycles. The summed E-state index contributed by atoms with van der Waals surface area (Å²) in [6.45, 7) is 11.6. The van der Waals surface area contributed by atoms with Gasteiger partial charge in [0.2, 0.25) is 5.91 Å². The molecule has 1 amide bonds. The van der Waals surface area contributed by atoms with E-state index < -0.39 is 0 Å². The minimum atomic E-state index is 0.330. The van der Waals surface area contributed by atoms with Gasteiger partial charge in [-0.15, -0.1) is 0 Å². The maximum Gasteiger partial charge on any atom is 0.222 e. The second-order valence-electron chi connectivity index (χ2n) is 5.41. The Morgan fingerprint density at radius 1 is 1.50 bits per heavy atom. The average Bonchev–Trinajstić information content (AvgIpc) is 2.51. The van der Waals surface area contributed by atoms with E-state index in [0.717, 1.165) is 32.5 Å². The van der Waals surface area contributed by atoms with Crippen molar-refractivity contribution in [3.63, 3.8) is 0 Å². The highest BCUT2D eigenvalue weighted by Gasteiger charge is 2.28. The van der Waals surface area contributed by atoms with E-state index >= 15 is 0 Å². The standard InChI is InChI=1S/C13H26N2O/c1-5-6-14-12(10(2)3)9-15-8-11(4)7-13(15)16/h10-12,14H,5-9H2,1-4H3. The molecular weight excluding hydrogens is 200 g/mol. The molecule has 3 nitrogen and oxygen atoms in total. The van der Waals surface area contributed by atoms with Crippen molar-refractivity contribution in [2.75, 3.05) is 19.6 Å². The highest BCUT2D eigenvalue weighted by atomic mass is 16.2. The van der Waals surface area contributed by atoms with Gasteiger partial charge in [-0.25, -0.2) is 0 Å². The lowest BCUT2D eigenvalue weighted by atomic mass is 10.0. The molecule has 0 aliphatic carbocycles. The van der Waals surface area contributed by atoms with Gasteiger partial charge in [0.15, 0.2) is 0 Å². The monoisotopic (exact) mass is 226 g/mol. The summed E-state index contributed by atoms with van der Waals surface area (Å²) in [5, 5.41) is 3.54. The van der Waals surface area contributed by atoms with Crippen LogP contribution >= 0.6 is 0 Å². The zero-order chi connectivity index (χ0) is 12.1. The van der Waals surface area contributed by atoms with Gasteiger partial charge in [0.05, 0.1) is 0 Å². The highest BCUT2D eigenvalue weighted by molar-refractivity contribution is 5.78. The first-order valence-corrected chi connectivity index (χ1v) is 6.55. The molecule has 1 rings (SSSR count). The third kappa shape index (κ3) is 3.78. The molecule has 1 saturated heterocycles. The van der Waals surface area contributed by atoms with Gasteiger partial charge in [-0.3, -0.25) is 4.79 Å². The zero-order valence-electron chi connectivity index (χ0n) is 11.1. The van der Waals surface area contributed by atoms with E-state index in [1.54, 1.807) is 0 Å². The molecule has 2 unspecified atom stereocenters. The van der Waals surface area contributed by atoms with E-state index in [9.17, 15) is 4.79 Å². The van der Waals surface area contributed by atoms with Gasteiger partial charge < -0.3 is 10.2 Å². The predicted molar refractivity (Wildman–Crippen MR) is 67.3 cm³/mol. The second kappa shape index (κ2) is 6.24. The molecule has 0 aromatic carbocycles. The van der Waals surface area contributed by atoms with Gasteiger partial charge in [0.1, 0.15) is 0 Å². The normalized spacial score (nSPS) is 23.2. The van der Waals surface area contributed by atoms with Crippen LogP contribution in [-0.4, -0.2) is 36.5 Å². The summed E-state index contributed by atoms with van der Waals surface area (Å²) in [7, 11) is 0. The Bertz CT molecular complexity index is 228. The minimum absolute atomic E-state index is 0.330. The summed E-state index contributed by atoms with van der Waals surface area (Å²) < 4.78 is 0. The van der Waals surface area contributed by atoms with Crippen molar-refractivity contribution < 1.29 is 4.79 Å². The summed E-state index contributed by atoms with van der Waals surface area (Å²) in [4.78, 5) is 13.7. The number of hydrogen-bond acceptors (Lipinski definition) is 2. The van der Waals surface area contributed by atoms with Gasteiger partial charge >= 0.3 is 0 Å². The van der Waals surface area contributed by atoms with Crippen molar-refractivity contribution in [2.24, 2.45) is 11.8 Å². The predicted octanol–water partition coefficient (Wildman–Crippen LogP) is 1.88. The Kier molecular flexibility index (Phi) is 5.26. The molecule has 1 aliphatic heterocycles. The summed E-state index contributed by atoms with van der Waals surface area (Å²) in [5.41, 5.74) is 0. The van der Waals surface area contributed by atoms with Gasteiger partial charge in [0.25, 0.3) is 0 Å². The molecule has 0 aromatic rings. The number of amides is 1. The third-order valence-electron chi connectivity index (χ3n) is 3.29. The van der Waals surface area contributed by atoms with E-state index in [0.29, 0.717) is 23.8 Å². The molecule has 0 bridgehead atoms. The largest absolute Gasteiger partial charge is 0.341 e. The Labute approximate surface area is 99.6 Å². The molecule has 3 heteroatoms. The molecule has 1 N–H and O–H groups in total. The first-order valence-electron chi connectivity index (χ1n) is 6.55. The Morgan fingerprint density at radius 2 is 2.19 bits per heavy atom. The van der Waals surface area contributed by atoms with E-state index in [-0.39, 0.29) is 0 Å². The van der Waals surface area contributed by atoms with Crippen molar-refractivity contribution in [1.29, 1.82) is 0 Å². The van der Waals surface area contributed by atoms with Crippen LogP contribution in [0.4, 0.5) is 0 Å². The SMILES string of the molecule is CCCNC(CN1CC(C)CC1=O)C(C)C. The second-order valence-corrected chi connectivity index (χ2v) is 5.41. The summed E-state index contributed by atoms with van der Waals surface area (Å²) in [6.07, 6.45) is 1.88. The fourth-order valence-electron chi connectivity index (χ4n) is 2.22. The number of nitrogens with one attached hydrogen (secondary N) is 1. The van der Waals surface area contributed by atoms with E-state index in [1.165, 1.54) is 0 Å². The topological polar surface area (TPSA) is 32.3 Å². The van der Waals surface area contributed by atoms with Crippen molar-refractivity contribution >= 4 is 5.91 Å². The highest BCUT2D eigenvalue weighted by Crippen LogP contribution is 2.18. The van der Waals surface area contributed by atoms with E-state index in [4.69, 9.17) is 0 Å². The molecule has 1 fully saturated rings. The molecule has 94 valence electrons. The van der Waals surface area contributed by atoms with E-state index in [1.807, 2.05) is 4.90 Å². The van der Waals surface area contributed by atoms with Gasteiger partial charge in [-0.1, -0.05) is 27.7 Å². The average molecular weight is 226 g/mol. The van der Waals surface area contributed by atoms with Crippen LogP contribution in [0.25, 0.3) is 0 Å². The molecular formula is C13H26N2O. The summed E-state index contributed by atoms with van der Waals surface area (Å²) in [6, 6.07) is 0.439. The lowest BCUT2D eigenvalue weighted by molar-refractivity contribution is -0.128. The maximum absolute atomic E-state index is 11.7. The third-order valence-corrected chi connectivity index (χ3v) is 3.29. The number of likely N-dealkylation sites (tertiary alicyclic amines) is 1. The fourth-order valence-corrected chi connectivity index (χ4v) is 2.22. The lowest BCUT2D eigenvalue weighted by Gasteiger charge is -2.27. The Morgan fingerprint density at radius 3 is 2.62 bits per heavy atom. The summed E-state index contributed by atoms with van der Waals surface area (Å²) in [5.74, 6) is 1.44.